The molecule has 1 amide bonds. The van der Waals surface area contributed by atoms with Gasteiger partial charge in [-0.05, 0) is 60.4 Å². The highest BCUT2D eigenvalue weighted by Crippen LogP contribution is 2.40. The number of morpholine rings is 1. The molecule has 208 valence electrons. The maximum Gasteiger partial charge on any atom is 0.295 e. The number of ether oxygens (including phenoxy) is 2. The van der Waals surface area contributed by atoms with Crippen molar-refractivity contribution < 1.29 is 29.3 Å². The molecule has 2 fully saturated rings. The van der Waals surface area contributed by atoms with Gasteiger partial charge in [0.25, 0.3) is 11.7 Å². The minimum absolute atomic E-state index is 0.0411. The average Bonchev–Trinajstić information content (AvgIpc) is 3.22. The first-order chi connectivity index (χ1) is 19.4. The van der Waals surface area contributed by atoms with Gasteiger partial charge in [-0.25, -0.2) is 0 Å². The number of aryl methyl sites for hydroxylation is 1. The Kier molecular flexibility index (Phi) is 8.48. The molecule has 0 bridgehead atoms. The van der Waals surface area contributed by atoms with Crippen LogP contribution in [0.15, 0.2) is 78.4 Å². The molecule has 0 aliphatic carbocycles. The van der Waals surface area contributed by atoms with Crippen LogP contribution < -0.4 is 4.74 Å². The molecule has 5 rings (SSSR count). The lowest BCUT2D eigenvalue weighted by atomic mass is 9.94. The quantitative estimate of drug-likeness (QED) is 0.235. The lowest BCUT2D eigenvalue weighted by Gasteiger charge is -2.29. The van der Waals surface area contributed by atoms with Crippen LogP contribution in [0.2, 0.25) is 0 Å². The van der Waals surface area contributed by atoms with Crippen molar-refractivity contribution in [1.29, 1.82) is 0 Å². The smallest absolute Gasteiger partial charge is 0.295 e. The van der Waals surface area contributed by atoms with E-state index >= 15 is 0 Å². The first-order valence-corrected chi connectivity index (χ1v) is 13.6. The number of rotatable bonds is 9. The molecule has 2 saturated heterocycles. The van der Waals surface area contributed by atoms with E-state index in [2.05, 4.69) is 4.90 Å². The number of aliphatic hydroxyl groups excluding tert-OH is 1. The van der Waals surface area contributed by atoms with Crippen LogP contribution in [-0.4, -0.2) is 71.1 Å². The van der Waals surface area contributed by atoms with Gasteiger partial charge >= 0.3 is 0 Å². The summed E-state index contributed by atoms with van der Waals surface area (Å²) >= 11 is 0. The fraction of sp³-hybridized carbons (Fsp3) is 0.312. The van der Waals surface area contributed by atoms with Gasteiger partial charge in [-0.15, -0.1) is 0 Å². The van der Waals surface area contributed by atoms with E-state index in [1.165, 1.54) is 17.0 Å². The zero-order chi connectivity index (χ0) is 28.1. The highest BCUT2D eigenvalue weighted by molar-refractivity contribution is 6.46. The Morgan fingerprint density at radius 2 is 1.70 bits per heavy atom. The molecule has 1 unspecified atom stereocenters. The van der Waals surface area contributed by atoms with E-state index in [0.29, 0.717) is 49.7 Å². The third-order valence-corrected chi connectivity index (χ3v) is 7.41. The summed E-state index contributed by atoms with van der Waals surface area (Å²) in [6.07, 6.45) is 0.675. The summed E-state index contributed by atoms with van der Waals surface area (Å²) in [5.74, 6) is -0.844. The predicted molar refractivity (Wildman–Crippen MR) is 151 cm³/mol. The topological polar surface area (TPSA) is 99.5 Å². The van der Waals surface area contributed by atoms with Crippen molar-refractivity contribution >= 4 is 17.4 Å². The summed E-state index contributed by atoms with van der Waals surface area (Å²) in [6, 6.07) is 20.7. The Morgan fingerprint density at radius 3 is 2.40 bits per heavy atom. The lowest BCUT2D eigenvalue weighted by Crippen LogP contribution is -2.38. The number of carbonyl (C=O) groups excluding carboxylic acids is 2. The van der Waals surface area contributed by atoms with Crippen molar-refractivity contribution in [2.75, 3.05) is 39.4 Å². The van der Waals surface area contributed by atoms with E-state index in [-0.39, 0.29) is 17.1 Å². The first kappa shape index (κ1) is 27.4. The zero-order valence-corrected chi connectivity index (χ0v) is 22.6. The molecule has 0 spiro atoms. The second-order valence-corrected chi connectivity index (χ2v) is 10.1. The number of ketones is 1. The molecule has 0 radical (unpaired) electrons. The highest BCUT2D eigenvalue weighted by atomic mass is 16.5. The molecule has 2 aliphatic rings. The summed E-state index contributed by atoms with van der Waals surface area (Å²) in [7, 11) is 0. The SMILES string of the molecule is Cc1cc(C(O)=C2C(=O)C(=O)N(CCCN3CCOCC3)C2c2ccc(O)cc2)ccc1OCc1ccccc1. The second kappa shape index (κ2) is 12.4. The van der Waals surface area contributed by atoms with Gasteiger partial charge in [0.1, 0.15) is 23.9 Å². The summed E-state index contributed by atoms with van der Waals surface area (Å²) in [4.78, 5) is 30.4. The molecule has 8 heteroatoms. The second-order valence-electron chi connectivity index (χ2n) is 10.1. The van der Waals surface area contributed by atoms with Crippen LogP contribution >= 0.6 is 0 Å². The molecular formula is C32H34N2O6. The van der Waals surface area contributed by atoms with Gasteiger partial charge in [-0.3, -0.25) is 14.5 Å². The number of hydrogen-bond acceptors (Lipinski definition) is 7. The molecule has 1 atom stereocenters. The number of hydrogen-bond donors (Lipinski definition) is 2. The van der Waals surface area contributed by atoms with Gasteiger partial charge in [0.15, 0.2) is 0 Å². The Balaban J connectivity index is 1.41. The number of phenols is 1. The van der Waals surface area contributed by atoms with Crippen molar-refractivity contribution in [3.05, 3.63) is 101 Å². The largest absolute Gasteiger partial charge is 0.508 e. The van der Waals surface area contributed by atoms with E-state index in [1.54, 1.807) is 30.3 Å². The molecule has 3 aromatic carbocycles. The molecule has 3 aromatic rings. The van der Waals surface area contributed by atoms with Crippen molar-refractivity contribution in [1.82, 2.24) is 9.80 Å². The van der Waals surface area contributed by atoms with Crippen LogP contribution in [0.4, 0.5) is 0 Å². The van der Waals surface area contributed by atoms with E-state index in [0.717, 1.165) is 30.8 Å². The molecule has 40 heavy (non-hydrogen) atoms. The van der Waals surface area contributed by atoms with Crippen molar-refractivity contribution in [2.24, 2.45) is 0 Å². The minimum atomic E-state index is -0.764. The summed E-state index contributed by atoms with van der Waals surface area (Å²) in [6.45, 7) is 6.46. The number of Topliss-reactive ketones (excluding diaryl/α,β-unsaturated/α-hetero) is 1. The number of nitrogens with zero attached hydrogens (tertiary/aromatic N) is 2. The molecule has 2 N–H and O–H groups in total. The maximum atomic E-state index is 13.3. The number of likely N-dealkylation sites (tertiary alicyclic amines) is 1. The Hall–Kier alpha value is -4.14. The van der Waals surface area contributed by atoms with Gasteiger partial charge in [-0.2, -0.15) is 0 Å². The number of phenolic OH excluding ortho intramolecular Hbond substituents is 1. The Labute approximate surface area is 234 Å². The fourth-order valence-corrected chi connectivity index (χ4v) is 5.25. The van der Waals surface area contributed by atoms with Crippen LogP contribution in [0, 0.1) is 6.92 Å². The average molecular weight is 543 g/mol. The summed E-state index contributed by atoms with van der Waals surface area (Å²) in [5.41, 5.74) is 2.95. The first-order valence-electron chi connectivity index (χ1n) is 13.6. The predicted octanol–water partition coefficient (Wildman–Crippen LogP) is 4.42. The monoisotopic (exact) mass is 542 g/mol. The third kappa shape index (κ3) is 6.03. The van der Waals surface area contributed by atoms with E-state index < -0.39 is 17.7 Å². The van der Waals surface area contributed by atoms with Gasteiger partial charge in [0.05, 0.1) is 24.8 Å². The van der Waals surface area contributed by atoms with Crippen molar-refractivity contribution in [3.63, 3.8) is 0 Å². The van der Waals surface area contributed by atoms with Crippen LogP contribution in [0.3, 0.4) is 0 Å². The number of aliphatic hydroxyl groups is 1. The molecule has 8 nitrogen and oxygen atoms in total. The maximum absolute atomic E-state index is 13.3. The number of aromatic hydroxyl groups is 1. The minimum Gasteiger partial charge on any atom is -0.508 e. The van der Waals surface area contributed by atoms with Crippen molar-refractivity contribution in [2.45, 2.75) is 26.0 Å². The van der Waals surface area contributed by atoms with Crippen LogP contribution in [0.25, 0.3) is 5.76 Å². The third-order valence-electron chi connectivity index (χ3n) is 7.41. The molecule has 0 aromatic heterocycles. The molecule has 2 aliphatic heterocycles. The van der Waals surface area contributed by atoms with Gasteiger partial charge in [0.2, 0.25) is 0 Å². The van der Waals surface area contributed by atoms with Gasteiger partial charge in [-0.1, -0.05) is 42.5 Å². The van der Waals surface area contributed by atoms with Crippen LogP contribution in [0.5, 0.6) is 11.5 Å². The number of amides is 1. The normalized spacial score (nSPS) is 19.2. The molecule has 0 saturated carbocycles. The number of carbonyl (C=O) groups is 2. The summed E-state index contributed by atoms with van der Waals surface area (Å²) < 4.78 is 11.4. The fourth-order valence-electron chi connectivity index (χ4n) is 5.25. The lowest BCUT2D eigenvalue weighted by molar-refractivity contribution is -0.140. The molecule has 2 heterocycles. The zero-order valence-electron chi connectivity index (χ0n) is 22.6. The van der Waals surface area contributed by atoms with E-state index in [9.17, 15) is 19.8 Å². The van der Waals surface area contributed by atoms with E-state index in [4.69, 9.17) is 9.47 Å². The standard InChI is InChI=1S/C32H34N2O6/c1-22-20-25(10-13-27(22)40-21-23-6-3-2-4-7-23)30(36)28-29(24-8-11-26(35)12-9-24)34(32(38)31(28)37)15-5-14-33-16-18-39-19-17-33/h2-4,6-13,20,29,35-36H,5,14-19,21H2,1H3. The van der Waals surface area contributed by atoms with Gasteiger partial charge in [0, 0.05) is 31.7 Å². The highest BCUT2D eigenvalue weighted by Gasteiger charge is 2.45. The Bertz CT molecular complexity index is 1380. The van der Waals surface area contributed by atoms with Crippen LogP contribution in [0.1, 0.15) is 34.7 Å². The van der Waals surface area contributed by atoms with Gasteiger partial charge < -0.3 is 24.6 Å². The van der Waals surface area contributed by atoms with E-state index in [1.807, 2.05) is 37.3 Å². The Morgan fingerprint density at radius 1 is 0.975 bits per heavy atom. The molecular weight excluding hydrogens is 508 g/mol. The van der Waals surface area contributed by atoms with Crippen molar-refractivity contribution in [3.8, 4) is 11.5 Å². The van der Waals surface area contributed by atoms with Crippen LogP contribution in [-0.2, 0) is 20.9 Å². The number of benzene rings is 3. The summed E-state index contributed by atoms with van der Waals surface area (Å²) in [5, 5.41) is 21.3.